The van der Waals surface area contributed by atoms with E-state index in [1.165, 1.54) is 26.7 Å². The van der Waals surface area contributed by atoms with Crippen LogP contribution in [-0.2, 0) is 6.42 Å². The van der Waals surface area contributed by atoms with Crippen molar-refractivity contribution in [1.82, 2.24) is 10.3 Å². The average molecular weight is 433 g/mol. The number of carbonyl (C=O) groups excluding carboxylic acids is 1. The van der Waals surface area contributed by atoms with E-state index in [0.717, 1.165) is 17.5 Å². The lowest BCUT2D eigenvalue weighted by molar-refractivity contribution is 0.0952. The average Bonchev–Trinajstić information content (AvgIpc) is 3.10. The summed E-state index contributed by atoms with van der Waals surface area (Å²) in [5.41, 5.74) is 2.67. The summed E-state index contributed by atoms with van der Waals surface area (Å²) in [5, 5.41) is 4.12. The van der Waals surface area contributed by atoms with Crippen molar-refractivity contribution in [3.8, 4) is 17.2 Å². The molecule has 0 unspecified atom stereocenters. The lowest BCUT2D eigenvalue weighted by Gasteiger charge is -2.16. The van der Waals surface area contributed by atoms with Crippen molar-refractivity contribution < 1.29 is 19.0 Å². The van der Waals surface area contributed by atoms with Gasteiger partial charge in [-0.25, -0.2) is 0 Å². The number of H-pyrrole nitrogens is 1. The van der Waals surface area contributed by atoms with Gasteiger partial charge in [0.15, 0.2) is 11.5 Å². The number of carbonyl (C=O) groups is 1. The third-order valence-electron chi connectivity index (χ3n) is 4.37. The van der Waals surface area contributed by atoms with E-state index in [1.54, 1.807) is 6.07 Å². The zero-order valence-electron chi connectivity index (χ0n) is 15.4. The lowest BCUT2D eigenvalue weighted by atomic mass is 10.1. The Labute approximate surface area is 165 Å². The molecule has 142 valence electrons. The number of aromatic nitrogens is 1. The number of rotatable bonds is 7. The number of benzene rings is 2. The highest BCUT2D eigenvalue weighted by molar-refractivity contribution is 9.10. The second-order valence-electron chi connectivity index (χ2n) is 5.87. The third-order valence-corrected chi connectivity index (χ3v) is 5.16. The number of ether oxygens (including phenoxy) is 3. The molecule has 1 aromatic heterocycles. The molecule has 1 amide bonds. The van der Waals surface area contributed by atoms with E-state index < -0.39 is 0 Å². The first kappa shape index (κ1) is 19.1. The Morgan fingerprint density at radius 3 is 2.56 bits per heavy atom. The van der Waals surface area contributed by atoms with Gasteiger partial charge in [0.1, 0.15) is 0 Å². The van der Waals surface area contributed by atoms with E-state index >= 15 is 0 Å². The van der Waals surface area contributed by atoms with E-state index in [4.69, 9.17) is 14.2 Å². The molecule has 1 heterocycles. The van der Waals surface area contributed by atoms with Gasteiger partial charge in [0.25, 0.3) is 5.91 Å². The summed E-state index contributed by atoms with van der Waals surface area (Å²) in [6.07, 6.45) is 2.70. The van der Waals surface area contributed by atoms with Crippen molar-refractivity contribution >= 4 is 32.7 Å². The van der Waals surface area contributed by atoms with Crippen LogP contribution in [-0.4, -0.2) is 38.8 Å². The Bertz CT molecular complexity index is 968. The molecule has 2 N–H and O–H groups in total. The highest BCUT2D eigenvalue weighted by Crippen LogP contribution is 2.44. The Morgan fingerprint density at radius 2 is 1.85 bits per heavy atom. The zero-order valence-corrected chi connectivity index (χ0v) is 17.0. The maximum atomic E-state index is 12.7. The Morgan fingerprint density at radius 1 is 1.11 bits per heavy atom. The largest absolute Gasteiger partial charge is 0.493 e. The molecule has 3 rings (SSSR count). The maximum Gasteiger partial charge on any atom is 0.252 e. The van der Waals surface area contributed by atoms with Crippen LogP contribution in [0.25, 0.3) is 10.9 Å². The van der Waals surface area contributed by atoms with Crippen LogP contribution in [0.1, 0.15) is 15.9 Å². The van der Waals surface area contributed by atoms with Crippen LogP contribution >= 0.6 is 15.9 Å². The molecular formula is C20H21BrN2O4. The normalized spacial score (nSPS) is 10.7. The van der Waals surface area contributed by atoms with Crippen molar-refractivity contribution in [3.63, 3.8) is 0 Å². The van der Waals surface area contributed by atoms with Gasteiger partial charge < -0.3 is 24.5 Å². The number of nitrogens with one attached hydrogen (secondary N) is 2. The van der Waals surface area contributed by atoms with Crippen molar-refractivity contribution in [1.29, 1.82) is 0 Å². The first-order valence-electron chi connectivity index (χ1n) is 8.42. The molecule has 0 atom stereocenters. The number of para-hydroxylation sites is 1. The molecular weight excluding hydrogens is 412 g/mol. The summed E-state index contributed by atoms with van der Waals surface area (Å²) in [6, 6.07) is 9.73. The molecule has 0 aliphatic heterocycles. The van der Waals surface area contributed by atoms with Gasteiger partial charge in [0, 0.05) is 23.6 Å². The van der Waals surface area contributed by atoms with Crippen molar-refractivity contribution in [3.05, 3.63) is 52.1 Å². The van der Waals surface area contributed by atoms with Crippen molar-refractivity contribution in [2.75, 3.05) is 27.9 Å². The third kappa shape index (κ3) is 3.73. The summed E-state index contributed by atoms with van der Waals surface area (Å²) < 4.78 is 16.6. The number of methoxy groups -OCH3 is 3. The second kappa shape index (κ2) is 8.35. The van der Waals surface area contributed by atoms with Gasteiger partial charge in [0.05, 0.1) is 31.4 Å². The van der Waals surface area contributed by atoms with E-state index in [9.17, 15) is 4.79 Å². The molecule has 3 aromatic rings. The van der Waals surface area contributed by atoms with Crippen molar-refractivity contribution in [2.24, 2.45) is 0 Å². The van der Waals surface area contributed by atoms with Crippen LogP contribution in [0, 0.1) is 0 Å². The van der Waals surface area contributed by atoms with E-state index in [2.05, 4.69) is 32.3 Å². The van der Waals surface area contributed by atoms with E-state index in [-0.39, 0.29) is 5.91 Å². The maximum absolute atomic E-state index is 12.7. The summed E-state index contributed by atoms with van der Waals surface area (Å²) in [4.78, 5) is 15.9. The van der Waals surface area contributed by atoms with Crippen LogP contribution < -0.4 is 19.5 Å². The van der Waals surface area contributed by atoms with Crippen LogP contribution in [0.2, 0.25) is 0 Å². The SMILES string of the molecule is COc1cc(C(=O)NCCc2c[nH]c3ccccc23)c(Br)c(OC)c1OC. The predicted molar refractivity (Wildman–Crippen MR) is 108 cm³/mol. The van der Waals surface area contributed by atoms with Crippen LogP contribution in [0.4, 0.5) is 0 Å². The number of amides is 1. The second-order valence-corrected chi connectivity index (χ2v) is 6.67. The minimum absolute atomic E-state index is 0.221. The van der Waals surface area contributed by atoms with Gasteiger partial charge in [0.2, 0.25) is 5.75 Å². The van der Waals surface area contributed by atoms with Gasteiger partial charge >= 0.3 is 0 Å². The van der Waals surface area contributed by atoms with Gasteiger partial charge in [-0.2, -0.15) is 0 Å². The molecule has 6 nitrogen and oxygen atoms in total. The molecule has 0 radical (unpaired) electrons. The fourth-order valence-electron chi connectivity index (χ4n) is 3.03. The number of fused-ring (bicyclic) bond motifs is 1. The first-order valence-corrected chi connectivity index (χ1v) is 9.21. The topological polar surface area (TPSA) is 72.6 Å². The number of hydrogen-bond acceptors (Lipinski definition) is 4. The Kier molecular flexibility index (Phi) is 5.91. The van der Waals surface area contributed by atoms with Gasteiger partial charge in [-0.05, 0) is 40.0 Å². The van der Waals surface area contributed by atoms with Crippen molar-refractivity contribution in [2.45, 2.75) is 6.42 Å². The molecule has 7 heteroatoms. The summed E-state index contributed by atoms with van der Waals surface area (Å²) in [7, 11) is 4.55. The summed E-state index contributed by atoms with van der Waals surface area (Å²) in [6.45, 7) is 0.504. The quantitative estimate of drug-likeness (QED) is 0.593. The van der Waals surface area contributed by atoms with Gasteiger partial charge in [-0.15, -0.1) is 0 Å². The zero-order chi connectivity index (χ0) is 19.4. The first-order chi connectivity index (χ1) is 13.1. The van der Waals surface area contributed by atoms with Gasteiger partial charge in [-0.3, -0.25) is 4.79 Å². The van der Waals surface area contributed by atoms with Crippen LogP contribution in [0.15, 0.2) is 41.0 Å². The highest BCUT2D eigenvalue weighted by Gasteiger charge is 2.22. The molecule has 0 saturated carbocycles. The standard InChI is InChI=1S/C20H21BrN2O4/c1-25-16-10-14(17(21)19(27-3)18(16)26-2)20(24)22-9-8-12-11-23-15-7-5-4-6-13(12)15/h4-7,10-11,23H,8-9H2,1-3H3,(H,22,24). The molecule has 0 aliphatic rings. The number of halogens is 1. The fraction of sp³-hybridized carbons (Fsp3) is 0.250. The highest BCUT2D eigenvalue weighted by atomic mass is 79.9. The lowest BCUT2D eigenvalue weighted by Crippen LogP contribution is -2.26. The molecule has 27 heavy (non-hydrogen) atoms. The fourth-order valence-corrected chi connectivity index (χ4v) is 3.67. The molecule has 0 aliphatic carbocycles. The number of aromatic amines is 1. The minimum atomic E-state index is -0.221. The van der Waals surface area contributed by atoms with E-state index in [1.807, 2.05) is 24.4 Å². The summed E-state index contributed by atoms with van der Waals surface area (Å²) >= 11 is 3.43. The smallest absolute Gasteiger partial charge is 0.252 e. The minimum Gasteiger partial charge on any atom is -0.493 e. The van der Waals surface area contributed by atoms with E-state index in [0.29, 0.717) is 33.8 Å². The van der Waals surface area contributed by atoms with Crippen LogP contribution in [0.5, 0.6) is 17.2 Å². The van der Waals surface area contributed by atoms with Crippen LogP contribution in [0.3, 0.4) is 0 Å². The monoisotopic (exact) mass is 432 g/mol. The Balaban J connectivity index is 1.76. The molecule has 0 spiro atoms. The predicted octanol–water partition coefficient (Wildman–Crippen LogP) is 3.93. The molecule has 2 aromatic carbocycles. The Hall–Kier alpha value is -2.67. The molecule has 0 saturated heterocycles. The van der Waals surface area contributed by atoms with Gasteiger partial charge in [-0.1, -0.05) is 18.2 Å². The summed E-state index contributed by atoms with van der Waals surface area (Å²) in [5.74, 6) is 1.06. The number of hydrogen-bond donors (Lipinski definition) is 2. The molecule has 0 fully saturated rings. The molecule has 0 bridgehead atoms.